The molecule has 1 N–H and O–H groups in total. The van der Waals surface area contributed by atoms with Gasteiger partial charge in [-0.2, -0.15) is 0 Å². The Bertz CT molecular complexity index is 434. The SMILES string of the molecule is COC(=O)C1C2CC(C2C(C)C)C(O)C(C)(C)CC(C)CN1C. The molecule has 0 aromatic carbocycles. The van der Waals surface area contributed by atoms with E-state index in [2.05, 4.69) is 39.5 Å². The molecule has 1 aliphatic carbocycles. The highest BCUT2D eigenvalue weighted by atomic mass is 16.5. The number of aliphatic hydroxyl groups excluding tert-OH is 1. The van der Waals surface area contributed by atoms with Gasteiger partial charge < -0.3 is 9.84 Å². The minimum absolute atomic E-state index is 0.0822. The number of fused-ring (bicyclic) bond motifs is 6. The molecule has 2 bridgehead atoms. The first-order valence-corrected chi connectivity index (χ1v) is 9.06. The van der Waals surface area contributed by atoms with E-state index in [-0.39, 0.29) is 29.4 Å². The molecule has 3 aliphatic rings. The number of ether oxygens (including phenoxy) is 1. The predicted molar refractivity (Wildman–Crippen MR) is 91.9 cm³/mol. The fraction of sp³-hybridized carbons (Fsp3) is 0.947. The summed E-state index contributed by atoms with van der Waals surface area (Å²) in [6.45, 7) is 11.9. The molecule has 3 rings (SSSR count). The van der Waals surface area contributed by atoms with E-state index in [1.807, 2.05) is 7.05 Å². The lowest BCUT2D eigenvalue weighted by atomic mass is 9.52. The number of esters is 1. The van der Waals surface area contributed by atoms with Crippen molar-refractivity contribution >= 4 is 5.97 Å². The monoisotopic (exact) mass is 325 g/mol. The van der Waals surface area contributed by atoms with E-state index in [0.717, 1.165) is 19.4 Å². The summed E-state index contributed by atoms with van der Waals surface area (Å²) >= 11 is 0. The number of carbonyl (C=O) groups excluding carboxylic acids is 1. The van der Waals surface area contributed by atoms with Gasteiger partial charge in [0.1, 0.15) is 6.04 Å². The molecular weight excluding hydrogens is 290 g/mol. The molecule has 0 spiro atoms. The second-order valence-corrected chi connectivity index (χ2v) is 9.04. The molecule has 0 amide bonds. The van der Waals surface area contributed by atoms with Crippen LogP contribution >= 0.6 is 0 Å². The third-order valence-electron chi connectivity index (χ3n) is 6.31. The van der Waals surface area contributed by atoms with Crippen LogP contribution < -0.4 is 0 Å². The summed E-state index contributed by atoms with van der Waals surface area (Å²) in [4.78, 5) is 14.6. The number of rotatable bonds is 2. The van der Waals surface area contributed by atoms with Crippen molar-refractivity contribution < 1.29 is 14.6 Å². The van der Waals surface area contributed by atoms with E-state index in [0.29, 0.717) is 23.7 Å². The van der Waals surface area contributed by atoms with Crippen LogP contribution in [0.5, 0.6) is 0 Å². The Morgan fingerprint density at radius 1 is 1.30 bits per heavy atom. The minimum atomic E-state index is -0.296. The fourth-order valence-electron chi connectivity index (χ4n) is 5.49. The molecule has 0 aromatic heterocycles. The highest BCUT2D eigenvalue weighted by Gasteiger charge is 2.55. The molecule has 6 atom stereocenters. The van der Waals surface area contributed by atoms with E-state index in [1.165, 1.54) is 7.11 Å². The Hall–Kier alpha value is -0.610. The molecule has 4 nitrogen and oxygen atoms in total. The van der Waals surface area contributed by atoms with Gasteiger partial charge >= 0.3 is 5.97 Å². The van der Waals surface area contributed by atoms with Gasteiger partial charge in [-0.15, -0.1) is 0 Å². The van der Waals surface area contributed by atoms with E-state index in [4.69, 9.17) is 4.74 Å². The molecule has 2 heterocycles. The Kier molecular flexibility index (Phi) is 5.47. The Balaban J connectivity index is 2.37. The zero-order chi connectivity index (χ0) is 17.5. The maximum Gasteiger partial charge on any atom is 0.323 e. The molecule has 2 aliphatic heterocycles. The van der Waals surface area contributed by atoms with Crippen molar-refractivity contribution in [3.8, 4) is 0 Å². The van der Waals surface area contributed by atoms with Gasteiger partial charge in [-0.1, -0.05) is 34.6 Å². The molecule has 134 valence electrons. The summed E-state index contributed by atoms with van der Waals surface area (Å²) in [6.07, 6.45) is 1.60. The van der Waals surface area contributed by atoms with Crippen LogP contribution in [0.2, 0.25) is 0 Å². The number of aliphatic hydroxyl groups is 1. The van der Waals surface area contributed by atoms with Crippen LogP contribution in [0, 0.1) is 35.0 Å². The van der Waals surface area contributed by atoms with Crippen LogP contribution in [0.4, 0.5) is 0 Å². The molecule has 1 saturated carbocycles. The summed E-state index contributed by atoms with van der Waals surface area (Å²) in [5, 5.41) is 11.0. The summed E-state index contributed by atoms with van der Waals surface area (Å²) in [5.41, 5.74) is -0.0822. The van der Waals surface area contributed by atoms with Gasteiger partial charge in [-0.3, -0.25) is 9.69 Å². The minimum Gasteiger partial charge on any atom is -0.468 e. The maximum atomic E-state index is 12.4. The standard InChI is InChI=1S/C19H35NO3/c1-11(2)15-13-8-14(15)17(21)19(4,5)9-12(3)10-20(6)16(13)18(22)23-7/h11-17,21H,8-10H2,1-7H3. The average molecular weight is 325 g/mol. The smallest absolute Gasteiger partial charge is 0.323 e. The molecule has 6 unspecified atom stereocenters. The Labute approximate surface area is 141 Å². The van der Waals surface area contributed by atoms with Gasteiger partial charge in [-0.25, -0.2) is 0 Å². The molecule has 3 fully saturated rings. The van der Waals surface area contributed by atoms with Crippen molar-refractivity contribution in [2.45, 2.75) is 59.6 Å². The van der Waals surface area contributed by atoms with Gasteiger partial charge in [0, 0.05) is 6.54 Å². The van der Waals surface area contributed by atoms with Gasteiger partial charge in [-0.05, 0) is 54.9 Å². The van der Waals surface area contributed by atoms with Crippen LogP contribution in [0.25, 0.3) is 0 Å². The zero-order valence-corrected chi connectivity index (χ0v) is 15.9. The van der Waals surface area contributed by atoms with E-state index in [1.54, 1.807) is 0 Å². The maximum absolute atomic E-state index is 12.4. The summed E-state index contributed by atoms with van der Waals surface area (Å²) in [5.74, 6) is 1.73. The third-order valence-corrected chi connectivity index (χ3v) is 6.31. The first-order chi connectivity index (χ1) is 10.6. The van der Waals surface area contributed by atoms with Crippen molar-refractivity contribution in [2.75, 3.05) is 20.7 Å². The molecule has 0 aromatic rings. The second-order valence-electron chi connectivity index (χ2n) is 9.04. The number of nitrogens with zero attached hydrogens (tertiary/aromatic N) is 1. The molecule has 0 radical (unpaired) electrons. The number of hydrogen-bond donors (Lipinski definition) is 1. The van der Waals surface area contributed by atoms with Crippen LogP contribution in [0.3, 0.4) is 0 Å². The van der Waals surface area contributed by atoms with Crippen LogP contribution in [-0.4, -0.2) is 48.8 Å². The summed E-state index contributed by atoms with van der Waals surface area (Å²) < 4.78 is 5.11. The Morgan fingerprint density at radius 2 is 1.91 bits per heavy atom. The number of methoxy groups -OCH3 is 1. The first kappa shape index (κ1) is 18.7. The zero-order valence-electron chi connectivity index (χ0n) is 15.9. The lowest BCUT2D eigenvalue weighted by molar-refractivity contribution is -0.168. The quantitative estimate of drug-likeness (QED) is 0.793. The molecular formula is C19H35NO3. The number of likely N-dealkylation sites (N-methyl/N-ethyl adjacent to an activating group) is 1. The van der Waals surface area contributed by atoms with Crippen molar-refractivity contribution in [2.24, 2.45) is 35.0 Å². The normalized spacial score (nSPS) is 41.3. The van der Waals surface area contributed by atoms with E-state index in [9.17, 15) is 9.90 Å². The molecule has 4 heteroatoms. The summed E-state index contributed by atoms with van der Waals surface area (Å²) in [7, 11) is 3.53. The second kappa shape index (κ2) is 6.72. The van der Waals surface area contributed by atoms with Crippen molar-refractivity contribution in [3.63, 3.8) is 0 Å². The lowest BCUT2D eigenvalue weighted by Crippen LogP contribution is -2.61. The summed E-state index contributed by atoms with van der Waals surface area (Å²) in [6, 6.07) is -0.181. The predicted octanol–water partition coefficient (Wildman–Crippen LogP) is 2.80. The highest BCUT2D eigenvalue weighted by Crippen LogP contribution is 2.53. The Morgan fingerprint density at radius 3 is 2.43 bits per heavy atom. The van der Waals surface area contributed by atoms with Crippen molar-refractivity contribution in [3.05, 3.63) is 0 Å². The van der Waals surface area contributed by atoms with Gasteiger partial charge in [0.25, 0.3) is 0 Å². The lowest BCUT2D eigenvalue weighted by Gasteiger charge is -2.57. The van der Waals surface area contributed by atoms with Gasteiger partial charge in [0.15, 0.2) is 0 Å². The van der Waals surface area contributed by atoms with Crippen LogP contribution in [0.15, 0.2) is 0 Å². The van der Waals surface area contributed by atoms with Gasteiger partial charge in [0.2, 0.25) is 0 Å². The van der Waals surface area contributed by atoms with Gasteiger partial charge in [0.05, 0.1) is 13.2 Å². The third kappa shape index (κ3) is 3.43. The van der Waals surface area contributed by atoms with Crippen molar-refractivity contribution in [1.29, 1.82) is 0 Å². The number of carbonyl (C=O) groups is 1. The molecule has 2 saturated heterocycles. The fourth-order valence-corrected chi connectivity index (χ4v) is 5.49. The van der Waals surface area contributed by atoms with E-state index >= 15 is 0 Å². The topological polar surface area (TPSA) is 49.8 Å². The molecule has 23 heavy (non-hydrogen) atoms. The first-order valence-electron chi connectivity index (χ1n) is 9.06. The highest BCUT2D eigenvalue weighted by molar-refractivity contribution is 5.76. The van der Waals surface area contributed by atoms with Crippen LogP contribution in [-0.2, 0) is 9.53 Å². The number of hydrogen-bond acceptors (Lipinski definition) is 4. The largest absolute Gasteiger partial charge is 0.468 e. The average Bonchev–Trinajstić information content (AvgIpc) is 2.38. The van der Waals surface area contributed by atoms with Crippen molar-refractivity contribution in [1.82, 2.24) is 4.90 Å². The van der Waals surface area contributed by atoms with E-state index < -0.39 is 0 Å². The van der Waals surface area contributed by atoms with Crippen LogP contribution in [0.1, 0.15) is 47.5 Å².